The van der Waals surface area contributed by atoms with E-state index in [4.69, 9.17) is 15.0 Å². The summed E-state index contributed by atoms with van der Waals surface area (Å²) in [6, 6.07) is 0.780. The van der Waals surface area contributed by atoms with Gasteiger partial charge in [-0.05, 0) is 19.9 Å². The van der Waals surface area contributed by atoms with Gasteiger partial charge in [-0.2, -0.15) is 4.98 Å². The van der Waals surface area contributed by atoms with Gasteiger partial charge in [0.25, 0.3) is 5.89 Å². The number of aromatic nitrogens is 3. The lowest BCUT2D eigenvalue weighted by molar-refractivity contribution is 0.0665. The lowest BCUT2D eigenvalue weighted by Crippen LogP contribution is -2.20. The van der Waals surface area contributed by atoms with E-state index in [2.05, 4.69) is 15.1 Å². The average Bonchev–Trinajstić information content (AvgIpc) is 2.85. The van der Waals surface area contributed by atoms with Crippen molar-refractivity contribution in [2.75, 3.05) is 6.61 Å². The fraction of sp³-hybridized carbons (Fsp3) is 0.417. The molecule has 102 valence electrons. The van der Waals surface area contributed by atoms with Gasteiger partial charge in [-0.25, -0.2) is 4.39 Å². The molecule has 7 heteroatoms. The molecule has 0 fully saturated rings. The van der Waals surface area contributed by atoms with Crippen LogP contribution in [0.5, 0.6) is 0 Å². The van der Waals surface area contributed by atoms with E-state index in [0.717, 1.165) is 6.20 Å². The van der Waals surface area contributed by atoms with Crippen LogP contribution in [-0.4, -0.2) is 27.8 Å². The van der Waals surface area contributed by atoms with Crippen LogP contribution in [0.2, 0.25) is 0 Å². The van der Waals surface area contributed by atoms with Crippen LogP contribution in [0.3, 0.4) is 0 Å². The number of halogens is 1. The number of hydrogen-bond donors (Lipinski definition) is 1. The van der Waals surface area contributed by atoms with Crippen molar-refractivity contribution < 1.29 is 13.7 Å². The van der Waals surface area contributed by atoms with Crippen molar-refractivity contribution in [2.45, 2.75) is 26.0 Å². The van der Waals surface area contributed by atoms with Crippen molar-refractivity contribution in [3.05, 3.63) is 30.1 Å². The third kappa shape index (κ3) is 3.55. The topological polar surface area (TPSA) is 87.1 Å². The Balaban J connectivity index is 2.10. The molecule has 6 nitrogen and oxygen atoms in total. The van der Waals surface area contributed by atoms with Crippen LogP contribution >= 0.6 is 0 Å². The predicted molar refractivity (Wildman–Crippen MR) is 65.5 cm³/mol. The second-order valence-corrected chi connectivity index (χ2v) is 4.34. The molecule has 2 rings (SSSR count). The predicted octanol–water partition coefficient (Wildman–Crippen LogP) is 1.70. The number of nitrogens with zero attached hydrogens (tertiary/aromatic N) is 3. The Bertz CT molecular complexity index is 544. The van der Waals surface area contributed by atoms with Crippen molar-refractivity contribution in [3.8, 4) is 11.5 Å². The van der Waals surface area contributed by atoms with Crippen molar-refractivity contribution in [1.82, 2.24) is 15.1 Å². The first-order chi connectivity index (χ1) is 9.06. The molecule has 0 saturated carbocycles. The van der Waals surface area contributed by atoms with Crippen molar-refractivity contribution in [1.29, 1.82) is 0 Å². The molecule has 0 aromatic carbocycles. The molecule has 2 aromatic rings. The molecule has 19 heavy (non-hydrogen) atoms. The van der Waals surface area contributed by atoms with Gasteiger partial charge in [0.1, 0.15) is 5.82 Å². The molecular formula is C12H15FN4O2. The first-order valence-corrected chi connectivity index (χ1v) is 5.88. The fourth-order valence-corrected chi connectivity index (χ4v) is 1.40. The van der Waals surface area contributed by atoms with Crippen molar-refractivity contribution in [2.24, 2.45) is 5.73 Å². The zero-order valence-corrected chi connectivity index (χ0v) is 10.7. The van der Waals surface area contributed by atoms with Crippen LogP contribution in [0.15, 0.2) is 23.0 Å². The van der Waals surface area contributed by atoms with E-state index in [1.807, 2.05) is 13.8 Å². The van der Waals surface area contributed by atoms with Gasteiger partial charge in [0.15, 0.2) is 5.82 Å². The van der Waals surface area contributed by atoms with Gasteiger partial charge < -0.3 is 15.0 Å². The summed E-state index contributed by atoms with van der Waals surface area (Å²) in [5.74, 6) is 0.0339. The summed E-state index contributed by atoms with van der Waals surface area (Å²) in [6.45, 7) is 4.11. The van der Waals surface area contributed by atoms with Gasteiger partial charge in [0.05, 0.1) is 30.5 Å². The van der Waals surface area contributed by atoms with Gasteiger partial charge in [0.2, 0.25) is 0 Å². The van der Waals surface area contributed by atoms with Gasteiger partial charge in [-0.15, -0.1) is 0 Å². The zero-order chi connectivity index (χ0) is 13.8. The molecule has 0 aliphatic carbocycles. The van der Waals surface area contributed by atoms with E-state index >= 15 is 0 Å². The molecule has 0 spiro atoms. The molecule has 0 aliphatic rings. The molecule has 0 aliphatic heterocycles. The van der Waals surface area contributed by atoms with Gasteiger partial charge in [-0.1, -0.05) is 5.16 Å². The quantitative estimate of drug-likeness (QED) is 0.886. The van der Waals surface area contributed by atoms with Crippen molar-refractivity contribution in [3.63, 3.8) is 0 Å². The number of nitrogens with two attached hydrogens (primary N) is 1. The number of ether oxygens (including phenoxy) is 1. The first kappa shape index (κ1) is 13.6. The maximum Gasteiger partial charge on any atom is 0.259 e. The standard InChI is InChI=1S/C12H15FN4O2/c1-7(2)18-6-10(14)11-16-12(19-17-11)8-3-9(13)5-15-4-8/h3-5,7,10H,6,14H2,1-2H3. The Morgan fingerprint density at radius 2 is 2.21 bits per heavy atom. The largest absolute Gasteiger partial charge is 0.377 e. The second kappa shape index (κ2) is 5.85. The van der Waals surface area contributed by atoms with E-state index in [0.29, 0.717) is 11.4 Å². The van der Waals surface area contributed by atoms with Gasteiger partial charge in [0, 0.05) is 6.20 Å². The molecule has 0 amide bonds. The van der Waals surface area contributed by atoms with Gasteiger partial charge >= 0.3 is 0 Å². The molecule has 0 bridgehead atoms. The molecule has 2 N–H and O–H groups in total. The highest BCUT2D eigenvalue weighted by Crippen LogP contribution is 2.18. The maximum atomic E-state index is 13.0. The van der Waals surface area contributed by atoms with Gasteiger partial charge in [-0.3, -0.25) is 4.98 Å². The Labute approximate surface area is 109 Å². The Hall–Kier alpha value is -1.86. The Kier molecular flexibility index (Phi) is 4.18. The molecule has 2 aromatic heterocycles. The Morgan fingerprint density at radius 1 is 1.42 bits per heavy atom. The highest BCUT2D eigenvalue weighted by atomic mass is 19.1. The van der Waals surface area contributed by atoms with Crippen LogP contribution in [0, 0.1) is 5.82 Å². The van der Waals surface area contributed by atoms with Crippen LogP contribution in [0.25, 0.3) is 11.5 Å². The van der Waals surface area contributed by atoms with E-state index < -0.39 is 11.9 Å². The minimum atomic E-state index is -0.485. The van der Waals surface area contributed by atoms with E-state index in [1.54, 1.807) is 0 Å². The first-order valence-electron chi connectivity index (χ1n) is 5.88. The molecule has 1 unspecified atom stereocenters. The van der Waals surface area contributed by atoms with Crippen molar-refractivity contribution >= 4 is 0 Å². The lowest BCUT2D eigenvalue weighted by atomic mass is 10.3. The van der Waals surface area contributed by atoms with Crippen LogP contribution in [-0.2, 0) is 4.74 Å². The molecular weight excluding hydrogens is 251 g/mol. The summed E-state index contributed by atoms with van der Waals surface area (Å²) in [7, 11) is 0. The SMILES string of the molecule is CC(C)OCC(N)c1noc(-c2cncc(F)c2)n1. The molecule has 2 heterocycles. The summed E-state index contributed by atoms with van der Waals surface area (Å²) < 4.78 is 23.4. The number of pyridine rings is 1. The van der Waals surface area contributed by atoms with Crippen LogP contribution in [0.1, 0.15) is 25.7 Å². The lowest BCUT2D eigenvalue weighted by Gasteiger charge is -2.10. The number of hydrogen-bond acceptors (Lipinski definition) is 6. The minimum absolute atomic E-state index is 0.0739. The summed E-state index contributed by atoms with van der Waals surface area (Å²) in [6.07, 6.45) is 2.62. The highest BCUT2D eigenvalue weighted by molar-refractivity contribution is 5.50. The van der Waals surface area contributed by atoms with Crippen LogP contribution < -0.4 is 5.73 Å². The normalized spacial score (nSPS) is 12.9. The van der Waals surface area contributed by atoms with E-state index in [9.17, 15) is 4.39 Å². The highest BCUT2D eigenvalue weighted by Gasteiger charge is 2.16. The zero-order valence-electron chi connectivity index (χ0n) is 10.7. The van der Waals surface area contributed by atoms with E-state index in [-0.39, 0.29) is 18.6 Å². The molecule has 0 saturated heterocycles. The third-order valence-electron chi connectivity index (χ3n) is 2.33. The summed E-state index contributed by atoms with van der Waals surface area (Å²) in [5, 5.41) is 3.76. The summed E-state index contributed by atoms with van der Waals surface area (Å²) in [5.41, 5.74) is 6.28. The minimum Gasteiger partial charge on any atom is -0.377 e. The molecule has 0 radical (unpaired) electrons. The van der Waals surface area contributed by atoms with E-state index in [1.165, 1.54) is 12.3 Å². The summed E-state index contributed by atoms with van der Waals surface area (Å²) in [4.78, 5) is 7.83. The second-order valence-electron chi connectivity index (χ2n) is 4.34. The Morgan fingerprint density at radius 3 is 2.89 bits per heavy atom. The summed E-state index contributed by atoms with van der Waals surface area (Å²) >= 11 is 0. The number of rotatable bonds is 5. The molecule has 1 atom stereocenters. The smallest absolute Gasteiger partial charge is 0.259 e. The maximum absolute atomic E-state index is 13.0. The van der Waals surface area contributed by atoms with Crippen LogP contribution in [0.4, 0.5) is 4.39 Å². The average molecular weight is 266 g/mol. The third-order valence-corrected chi connectivity index (χ3v) is 2.33. The monoisotopic (exact) mass is 266 g/mol. The fourth-order valence-electron chi connectivity index (χ4n) is 1.40.